The quantitative estimate of drug-likeness (QED) is 0.841. The SMILES string of the molecule is COC(=O)CN(C(=O)Cc1cccc(O)c1)C1CCCC1. The van der Waals surface area contributed by atoms with Gasteiger partial charge >= 0.3 is 5.97 Å². The molecule has 1 N–H and O–H groups in total. The second kappa shape index (κ2) is 7.11. The van der Waals surface area contributed by atoms with E-state index in [4.69, 9.17) is 0 Å². The fraction of sp³-hybridized carbons (Fsp3) is 0.500. The van der Waals surface area contributed by atoms with Crippen LogP contribution < -0.4 is 0 Å². The second-order valence-corrected chi connectivity index (χ2v) is 5.38. The predicted molar refractivity (Wildman–Crippen MR) is 77.8 cm³/mol. The van der Waals surface area contributed by atoms with E-state index in [1.54, 1.807) is 29.2 Å². The topological polar surface area (TPSA) is 66.8 Å². The third-order valence-electron chi connectivity index (χ3n) is 3.88. The van der Waals surface area contributed by atoms with Gasteiger partial charge in [-0.05, 0) is 30.5 Å². The molecule has 114 valence electrons. The molecular formula is C16H21NO4. The number of hydrogen-bond acceptors (Lipinski definition) is 4. The highest BCUT2D eigenvalue weighted by molar-refractivity contribution is 5.84. The van der Waals surface area contributed by atoms with Crippen molar-refractivity contribution in [3.05, 3.63) is 29.8 Å². The van der Waals surface area contributed by atoms with Crippen molar-refractivity contribution < 1.29 is 19.4 Å². The van der Waals surface area contributed by atoms with Crippen molar-refractivity contribution >= 4 is 11.9 Å². The van der Waals surface area contributed by atoms with Crippen molar-refractivity contribution in [2.75, 3.05) is 13.7 Å². The molecule has 5 nitrogen and oxygen atoms in total. The summed E-state index contributed by atoms with van der Waals surface area (Å²) in [6.07, 6.45) is 4.22. The summed E-state index contributed by atoms with van der Waals surface area (Å²) in [4.78, 5) is 25.7. The Balaban J connectivity index is 2.07. The van der Waals surface area contributed by atoms with Crippen LogP contribution in [0.3, 0.4) is 0 Å². The van der Waals surface area contributed by atoms with Crippen molar-refractivity contribution in [3.63, 3.8) is 0 Å². The van der Waals surface area contributed by atoms with E-state index in [0.29, 0.717) is 0 Å². The molecule has 1 aliphatic rings. The Hall–Kier alpha value is -2.04. The smallest absolute Gasteiger partial charge is 0.325 e. The lowest BCUT2D eigenvalue weighted by Crippen LogP contribution is -2.43. The van der Waals surface area contributed by atoms with E-state index >= 15 is 0 Å². The fourth-order valence-corrected chi connectivity index (χ4v) is 2.78. The molecule has 0 unspecified atom stereocenters. The molecule has 1 aromatic rings. The van der Waals surface area contributed by atoms with E-state index in [-0.39, 0.29) is 30.7 Å². The molecule has 5 heteroatoms. The number of phenols is 1. The van der Waals surface area contributed by atoms with Gasteiger partial charge in [0, 0.05) is 6.04 Å². The van der Waals surface area contributed by atoms with Crippen LogP contribution in [0.4, 0.5) is 0 Å². The number of nitrogens with zero attached hydrogens (tertiary/aromatic N) is 1. The van der Waals surface area contributed by atoms with Gasteiger partial charge in [-0.15, -0.1) is 0 Å². The van der Waals surface area contributed by atoms with Crippen LogP contribution in [0.1, 0.15) is 31.2 Å². The molecule has 0 heterocycles. The highest BCUT2D eigenvalue weighted by Crippen LogP contribution is 2.24. The average Bonchev–Trinajstić information content (AvgIpc) is 2.98. The minimum Gasteiger partial charge on any atom is -0.508 e. The summed E-state index contributed by atoms with van der Waals surface area (Å²) >= 11 is 0. The van der Waals surface area contributed by atoms with Crippen LogP contribution in [-0.2, 0) is 20.7 Å². The lowest BCUT2D eigenvalue weighted by molar-refractivity contribution is -0.148. The summed E-state index contributed by atoms with van der Waals surface area (Å²) in [5, 5.41) is 9.46. The van der Waals surface area contributed by atoms with Gasteiger partial charge in [-0.25, -0.2) is 0 Å². The lowest BCUT2D eigenvalue weighted by atomic mass is 10.1. The largest absolute Gasteiger partial charge is 0.508 e. The number of ether oxygens (including phenoxy) is 1. The minimum atomic E-state index is -0.397. The Bertz CT molecular complexity index is 509. The highest BCUT2D eigenvalue weighted by atomic mass is 16.5. The third-order valence-corrected chi connectivity index (χ3v) is 3.88. The third kappa shape index (κ3) is 4.21. The standard InChI is InChI=1S/C16H21NO4/c1-21-16(20)11-17(13-6-2-3-7-13)15(19)10-12-5-4-8-14(18)9-12/h4-5,8-9,13,18H,2-3,6-7,10-11H2,1H3. The second-order valence-electron chi connectivity index (χ2n) is 5.38. The molecule has 0 aliphatic heterocycles. The van der Waals surface area contributed by atoms with E-state index in [9.17, 15) is 14.7 Å². The maximum absolute atomic E-state index is 12.5. The monoisotopic (exact) mass is 291 g/mol. The van der Waals surface area contributed by atoms with Crippen molar-refractivity contribution in [1.82, 2.24) is 4.90 Å². The molecule has 1 fully saturated rings. The zero-order valence-corrected chi connectivity index (χ0v) is 12.2. The maximum atomic E-state index is 12.5. The number of hydrogen-bond donors (Lipinski definition) is 1. The molecule has 0 radical (unpaired) electrons. The normalized spacial score (nSPS) is 14.9. The number of methoxy groups -OCH3 is 1. The summed E-state index contributed by atoms with van der Waals surface area (Å²) < 4.78 is 4.69. The molecule has 1 aliphatic carbocycles. The van der Waals surface area contributed by atoms with Gasteiger partial charge in [-0.1, -0.05) is 25.0 Å². The van der Waals surface area contributed by atoms with Gasteiger partial charge in [0.1, 0.15) is 12.3 Å². The van der Waals surface area contributed by atoms with Crippen LogP contribution in [0.15, 0.2) is 24.3 Å². The summed E-state index contributed by atoms with van der Waals surface area (Å²) in [7, 11) is 1.33. The van der Waals surface area contributed by atoms with Crippen LogP contribution in [-0.4, -0.2) is 41.6 Å². The molecule has 0 spiro atoms. The summed E-state index contributed by atoms with van der Waals surface area (Å²) in [5.74, 6) is -0.357. The first-order chi connectivity index (χ1) is 10.1. The molecule has 0 saturated heterocycles. The Kier molecular flexibility index (Phi) is 5.20. The number of aromatic hydroxyl groups is 1. The number of carbonyl (C=O) groups is 2. The molecule has 21 heavy (non-hydrogen) atoms. The zero-order valence-electron chi connectivity index (χ0n) is 12.2. The molecule has 0 aromatic heterocycles. The average molecular weight is 291 g/mol. The van der Waals surface area contributed by atoms with Crippen LogP contribution in [0.2, 0.25) is 0 Å². The Morgan fingerprint density at radius 1 is 1.33 bits per heavy atom. The van der Waals surface area contributed by atoms with E-state index in [0.717, 1.165) is 31.2 Å². The van der Waals surface area contributed by atoms with Crippen molar-refractivity contribution in [2.45, 2.75) is 38.1 Å². The summed E-state index contributed by atoms with van der Waals surface area (Å²) in [5.41, 5.74) is 0.743. The summed E-state index contributed by atoms with van der Waals surface area (Å²) in [6.45, 7) is -0.00117. The maximum Gasteiger partial charge on any atom is 0.325 e. The van der Waals surface area contributed by atoms with Crippen LogP contribution in [0.25, 0.3) is 0 Å². The van der Waals surface area contributed by atoms with Gasteiger partial charge in [0.25, 0.3) is 0 Å². The van der Waals surface area contributed by atoms with Crippen LogP contribution in [0.5, 0.6) is 5.75 Å². The Morgan fingerprint density at radius 2 is 2.05 bits per heavy atom. The van der Waals surface area contributed by atoms with Gasteiger partial charge in [-0.3, -0.25) is 9.59 Å². The number of esters is 1. The van der Waals surface area contributed by atoms with E-state index in [1.165, 1.54) is 7.11 Å². The van der Waals surface area contributed by atoms with E-state index in [2.05, 4.69) is 4.74 Å². The first-order valence-corrected chi connectivity index (χ1v) is 7.24. The molecule has 1 saturated carbocycles. The molecular weight excluding hydrogens is 270 g/mol. The number of benzene rings is 1. The van der Waals surface area contributed by atoms with Gasteiger partial charge in [0.15, 0.2) is 0 Å². The Morgan fingerprint density at radius 3 is 2.67 bits per heavy atom. The minimum absolute atomic E-state index is 0.00117. The number of carbonyl (C=O) groups excluding carboxylic acids is 2. The summed E-state index contributed by atoms with van der Waals surface area (Å²) in [6, 6.07) is 6.76. The van der Waals surface area contributed by atoms with Gasteiger partial charge < -0.3 is 14.7 Å². The molecule has 0 bridgehead atoms. The van der Waals surface area contributed by atoms with Crippen molar-refractivity contribution in [3.8, 4) is 5.75 Å². The van der Waals surface area contributed by atoms with Crippen LogP contribution >= 0.6 is 0 Å². The van der Waals surface area contributed by atoms with Gasteiger partial charge in [0.05, 0.1) is 13.5 Å². The zero-order chi connectivity index (χ0) is 15.2. The first kappa shape index (κ1) is 15.4. The molecule has 2 rings (SSSR count). The van der Waals surface area contributed by atoms with Gasteiger partial charge in [-0.2, -0.15) is 0 Å². The first-order valence-electron chi connectivity index (χ1n) is 7.24. The number of phenolic OH excluding ortho intramolecular Hbond substituents is 1. The van der Waals surface area contributed by atoms with E-state index in [1.807, 2.05) is 0 Å². The fourth-order valence-electron chi connectivity index (χ4n) is 2.78. The van der Waals surface area contributed by atoms with Crippen LogP contribution in [0, 0.1) is 0 Å². The highest BCUT2D eigenvalue weighted by Gasteiger charge is 2.28. The molecule has 1 amide bonds. The number of rotatable bonds is 5. The number of amides is 1. The van der Waals surface area contributed by atoms with Gasteiger partial charge in [0.2, 0.25) is 5.91 Å². The van der Waals surface area contributed by atoms with E-state index < -0.39 is 5.97 Å². The predicted octanol–water partition coefficient (Wildman–Crippen LogP) is 1.88. The molecule has 1 aromatic carbocycles. The Labute approximate surface area is 124 Å². The molecule has 0 atom stereocenters. The van der Waals surface area contributed by atoms with Crippen molar-refractivity contribution in [2.24, 2.45) is 0 Å². The van der Waals surface area contributed by atoms with Crippen molar-refractivity contribution in [1.29, 1.82) is 0 Å². The lowest BCUT2D eigenvalue weighted by Gasteiger charge is -2.28.